The van der Waals surface area contributed by atoms with E-state index >= 15 is 0 Å². The lowest BCUT2D eigenvalue weighted by atomic mass is 10.2. The third-order valence-electron chi connectivity index (χ3n) is 3.90. The molecule has 0 unspecified atom stereocenters. The van der Waals surface area contributed by atoms with Gasteiger partial charge in [0, 0.05) is 39.2 Å². The van der Waals surface area contributed by atoms with Crippen LogP contribution in [0.15, 0.2) is 55.0 Å². The average molecular weight is 399 g/mol. The predicted molar refractivity (Wildman–Crippen MR) is 108 cm³/mol. The standard InChI is InChI=1S/C19H19ClN6O2/c1-25(2)16-11-13(7-9-21-16)12-22-18(27)19(28)24-15-6-3-5-14(20)17(15)26-10-4-8-23-26/h3-11H,12H2,1-2H3,(H,22,27)(H,24,28). The van der Waals surface area contributed by atoms with Crippen LogP contribution in [0.3, 0.4) is 0 Å². The molecule has 0 aliphatic rings. The molecule has 0 bridgehead atoms. The molecule has 0 radical (unpaired) electrons. The van der Waals surface area contributed by atoms with Gasteiger partial charge < -0.3 is 15.5 Å². The molecule has 0 saturated carbocycles. The fourth-order valence-corrected chi connectivity index (χ4v) is 2.77. The monoisotopic (exact) mass is 398 g/mol. The number of anilines is 2. The van der Waals surface area contributed by atoms with Crippen molar-refractivity contribution in [2.75, 3.05) is 24.3 Å². The molecule has 2 heterocycles. The summed E-state index contributed by atoms with van der Waals surface area (Å²) >= 11 is 6.24. The number of hydrogen-bond donors (Lipinski definition) is 2. The summed E-state index contributed by atoms with van der Waals surface area (Å²) in [5, 5.41) is 9.72. The molecule has 0 atom stereocenters. The Bertz CT molecular complexity index is 988. The molecule has 2 aromatic heterocycles. The van der Waals surface area contributed by atoms with E-state index in [1.165, 1.54) is 4.68 Å². The molecular weight excluding hydrogens is 380 g/mol. The van der Waals surface area contributed by atoms with E-state index in [1.54, 1.807) is 48.9 Å². The van der Waals surface area contributed by atoms with Crippen LogP contribution in [0.1, 0.15) is 5.56 Å². The number of amides is 2. The first kappa shape index (κ1) is 19.4. The van der Waals surface area contributed by atoms with E-state index in [0.717, 1.165) is 11.4 Å². The maximum atomic E-state index is 12.3. The van der Waals surface area contributed by atoms with Crippen molar-refractivity contribution >= 4 is 34.9 Å². The number of pyridine rings is 1. The largest absolute Gasteiger partial charge is 0.363 e. The SMILES string of the molecule is CN(C)c1cc(CNC(=O)C(=O)Nc2cccc(Cl)c2-n2cccn2)ccn1. The molecule has 9 heteroatoms. The van der Waals surface area contributed by atoms with E-state index < -0.39 is 11.8 Å². The summed E-state index contributed by atoms with van der Waals surface area (Å²) in [6, 6.07) is 10.4. The highest BCUT2D eigenvalue weighted by Gasteiger charge is 2.17. The fraction of sp³-hybridized carbons (Fsp3) is 0.158. The van der Waals surface area contributed by atoms with Gasteiger partial charge in [0.15, 0.2) is 0 Å². The number of aromatic nitrogens is 3. The maximum Gasteiger partial charge on any atom is 0.313 e. The fourth-order valence-electron chi connectivity index (χ4n) is 2.51. The molecule has 0 saturated heterocycles. The lowest BCUT2D eigenvalue weighted by Gasteiger charge is -2.13. The number of halogens is 1. The third-order valence-corrected chi connectivity index (χ3v) is 4.20. The minimum absolute atomic E-state index is 0.206. The molecule has 3 aromatic rings. The molecule has 8 nitrogen and oxygen atoms in total. The Labute approximate surface area is 167 Å². The summed E-state index contributed by atoms with van der Waals surface area (Å²) in [4.78, 5) is 30.6. The first-order valence-electron chi connectivity index (χ1n) is 8.45. The van der Waals surface area contributed by atoms with Crippen LogP contribution in [0, 0.1) is 0 Å². The van der Waals surface area contributed by atoms with Gasteiger partial charge in [0.2, 0.25) is 0 Å². The van der Waals surface area contributed by atoms with Crippen LogP contribution in [0.25, 0.3) is 5.69 Å². The number of benzene rings is 1. The van der Waals surface area contributed by atoms with E-state index in [-0.39, 0.29) is 6.54 Å². The number of para-hydroxylation sites is 1. The van der Waals surface area contributed by atoms with Crippen molar-refractivity contribution in [3.05, 3.63) is 65.6 Å². The summed E-state index contributed by atoms with van der Waals surface area (Å²) in [7, 11) is 3.75. The highest BCUT2D eigenvalue weighted by molar-refractivity contribution is 6.40. The van der Waals surface area contributed by atoms with Gasteiger partial charge in [0.1, 0.15) is 11.5 Å². The third kappa shape index (κ3) is 4.47. The van der Waals surface area contributed by atoms with Gasteiger partial charge in [-0.05, 0) is 35.9 Å². The zero-order valence-corrected chi connectivity index (χ0v) is 16.1. The molecule has 2 amide bonds. The highest BCUT2D eigenvalue weighted by Crippen LogP contribution is 2.27. The van der Waals surface area contributed by atoms with Crippen LogP contribution in [0.2, 0.25) is 5.02 Å². The van der Waals surface area contributed by atoms with E-state index in [2.05, 4.69) is 20.7 Å². The number of hydrogen-bond acceptors (Lipinski definition) is 5. The number of nitrogens with one attached hydrogen (secondary N) is 2. The molecule has 0 aliphatic heterocycles. The lowest BCUT2D eigenvalue weighted by Crippen LogP contribution is -2.35. The van der Waals surface area contributed by atoms with Gasteiger partial charge in [0.05, 0.1) is 10.7 Å². The van der Waals surface area contributed by atoms with Crippen molar-refractivity contribution in [1.82, 2.24) is 20.1 Å². The van der Waals surface area contributed by atoms with Crippen LogP contribution in [0.4, 0.5) is 11.5 Å². The minimum Gasteiger partial charge on any atom is -0.363 e. The second-order valence-corrected chi connectivity index (χ2v) is 6.55. The smallest absolute Gasteiger partial charge is 0.313 e. The van der Waals surface area contributed by atoms with Crippen molar-refractivity contribution in [3.63, 3.8) is 0 Å². The zero-order chi connectivity index (χ0) is 20.1. The molecule has 3 rings (SSSR count). The summed E-state index contributed by atoms with van der Waals surface area (Å²) in [6.45, 7) is 0.206. The molecule has 0 fully saturated rings. The second-order valence-electron chi connectivity index (χ2n) is 6.14. The molecule has 1 aromatic carbocycles. The van der Waals surface area contributed by atoms with Gasteiger partial charge in [-0.25, -0.2) is 9.67 Å². The predicted octanol–water partition coefficient (Wildman–Crippen LogP) is 2.24. The van der Waals surface area contributed by atoms with Crippen molar-refractivity contribution in [2.45, 2.75) is 6.54 Å². The van der Waals surface area contributed by atoms with Gasteiger partial charge in [-0.3, -0.25) is 9.59 Å². The first-order valence-corrected chi connectivity index (χ1v) is 8.83. The Hall–Kier alpha value is -3.39. The average Bonchev–Trinajstić information content (AvgIpc) is 3.20. The molecule has 0 spiro atoms. The van der Waals surface area contributed by atoms with Gasteiger partial charge in [0.25, 0.3) is 0 Å². The summed E-state index contributed by atoms with van der Waals surface area (Å²) < 4.78 is 1.52. The molecule has 28 heavy (non-hydrogen) atoms. The van der Waals surface area contributed by atoms with E-state index in [4.69, 9.17) is 11.6 Å². The maximum absolute atomic E-state index is 12.3. The lowest BCUT2D eigenvalue weighted by molar-refractivity contribution is -0.136. The van der Waals surface area contributed by atoms with Gasteiger partial charge in [-0.15, -0.1) is 0 Å². The minimum atomic E-state index is -0.794. The number of rotatable bonds is 5. The normalized spacial score (nSPS) is 10.4. The highest BCUT2D eigenvalue weighted by atomic mass is 35.5. The Morgan fingerprint density at radius 2 is 1.96 bits per heavy atom. The summed E-state index contributed by atoms with van der Waals surface area (Å²) in [6.07, 6.45) is 4.94. The van der Waals surface area contributed by atoms with Crippen molar-refractivity contribution < 1.29 is 9.59 Å². The van der Waals surface area contributed by atoms with Crippen LogP contribution < -0.4 is 15.5 Å². The number of carbonyl (C=O) groups excluding carboxylic acids is 2. The molecule has 144 valence electrons. The number of nitrogens with zero attached hydrogens (tertiary/aromatic N) is 4. The summed E-state index contributed by atoms with van der Waals surface area (Å²) in [5.74, 6) is -0.786. The van der Waals surface area contributed by atoms with Gasteiger partial charge >= 0.3 is 11.8 Å². The topological polar surface area (TPSA) is 92.2 Å². The zero-order valence-electron chi connectivity index (χ0n) is 15.4. The van der Waals surface area contributed by atoms with E-state index in [0.29, 0.717) is 16.4 Å². The van der Waals surface area contributed by atoms with Gasteiger partial charge in [-0.2, -0.15) is 5.10 Å². The second kappa shape index (κ2) is 8.53. The van der Waals surface area contributed by atoms with Gasteiger partial charge in [-0.1, -0.05) is 17.7 Å². The molecule has 2 N–H and O–H groups in total. The van der Waals surface area contributed by atoms with Crippen molar-refractivity contribution in [2.24, 2.45) is 0 Å². The first-order chi connectivity index (χ1) is 13.5. The van der Waals surface area contributed by atoms with Crippen LogP contribution in [0.5, 0.6) is 0 Å². The summed E-state index contributed by atoms with van der Waals surface area (Å²) in [5.41, 5.74) is 1.70. The van der Waals surface area contributed by atoms with E-state index in [1.807, 2.05) is 25.1 Å². The number of carbonyl (C=O) groups is 2. The Morgan fingerprint density at radius 3 is 2.68 bits per heavy atom. The quantitative estimate of drug-likeness (QED) is 0.643. The van der Waals surface area contributed by atoms with Crippen LogP contribution in [-0.4, -0.2) is 40.7 Å². The van der Waals surface area contributed by atoms with Crippen molar-refractivity contribution in [3.8, 4) is 5.69 Å². The van der Waals surface area contributed by atoms with Crippen LogP contribution >= 0.6 is 11.6 Å². The Morgan fingerprint density at radius 1 is 1.14 bits per heavy atom. The molecular formula is C19H19ClN6O2. The van der Waals surface area contributed by atoms with E-state index in [9.17, 15) is 9.59 Å². The van der Waals surface area contributed by atoms with Crippen LogP contribution in [-0.2, 0) is 16.1 Å². The Balaban J connectivity index is 1.68. The van der Waals surface area contributed by atoms with Crippen molar-refractivity contribution in [1.29, 1.82) is 0 Å². The molecule has 0 aliphatic carbocycles. The Kier molecular flexibility index (Phi) is 5.90.